The Morgan fingerprint density at radius 2 is 1.69 bits per heavy atom. The number of pyridine rings is 1. The van der Waals surface area contributed by atoms with Gasteiger partial charge in [-0.2, -0.15) is 5.10 Å². The average molecular weight is 388 g/mol. The second kappa shape index (κ2) is 10.4. The molecule has 0 spiro atoms. The Kier molecular flexibility index (Phi) is 7.06. The van der Waals surface area contributed by atoms with Crippen LogP contribution in [0.1, 0.15) is 16.7 Å². The molecule has 0 fully saturated rings. The topological polar surface area (TPSA) is 92.7 Å². The van der Waals surface area contributed by atoms with Crippen molar-refractivity contribution < 1.29 is 14.3 Å². The molecule has 29 heavy (non-hydrogen) atoms. The van der Waals surface area contributed by atoms with Gasteiger partial charge in [0.2, 0.25) is 0 Å². The van der Waals surface area contributed by atoms with Crippen molar-refractivity contribution in [3.63, 3.8) is 0 Å². The predicted molar refractivity (Wildman–Crippen MR) is 109 cm³/mol. The van der Waals surface area contributed by atoms with E-state index in [4.69, 9.17) is 4.74 Å². The van der Waals surface area contributed by atoms with Crippen LogP contribution < -0.4 is 15.5 Å². The van der Waals surface area contributed by atoms with Gasteiger partial charge in [0.05, 0.1) is 6.21 Å². The number of nitrogens with one attached hydrogen (secondary N) is 2. The van der Waals surface area contributed by atoms with E-state index in [1.807, 2.05) is 42.5 Å². The van der Waals surface area contributed by atoms with Gasteiger partial charge < -0.3 is 10.1 Å². The van der Waals surface area contributed by atoms with Crippen LogP contribution in [0.2, 0.25) is 0 Å². The Bertz CT molecular complexity index is 958. The Morgan fingerprint density at radius 1 is 0.931 bits per heavy atom. The van der Waals surface area contributed by atoms with Gasteiger partial charge in [0, 0.05) is 18.9 Å². The van der Waals surface area contributed by atoms with Gasteiger partial charge in [-0.1, -0.05) is 36.4 Å². The zero-order chi connectivity index (χ0) is 20.3. The van der Waals surface area contributed by atoms with Gasteiger partial charge in [0.15, 0.2) is 0 Å². The molecule has 1 heterocycles. The molecule has 1 aromatic heterocycles. The van der Waals surface area contributed by atoms with Gasteiger partial charge >= 0.3 is 11.8 Å². The summed E-state index contributed by atoms with van der Waals surface area (Å²) in [6.07, 6.45) is 4.70. The minimum absolute atomic E-state index is 0.217. The van der Waals surface area contributed by atoms with E-state index in [9.17, 15) is 9.59 Å². The molecule has 0 saturated heterocycles. The molecule has 2 amide bonds. The van der Waals surface area contributed by atoms with Gasteiger partial charge in [-0.25, -0.2) is 5.43 Å². The normalized spacial score (nSPS) is 10.5. The molecule has 2 N–H and O–H groups in total. The second-order valence-corrected chi connectivity index (χ2v) is 6.09. The van der Waals surface area contributed by atoms with Crippen molar-refractivity contribution in [2.75, 3.05) is 0 Å². The van der Waals surface area contributed by atoms with Crippen LogP contribution in [0.15, 0.2) is 84.2 Å². The molecule has 3 rings (SSSR count). The second-order valence-electron chi connectivity index (χ2n) is 6.09. The molecule has 3 aromatic rings. The molecule has 0 aliphatic carbocycles. The molecule has 0 unspecified atom stereocenters. The van der Waals surface area contributed by atoms with Crippen molar-refractivity contribution in [1.29, 1.82) is 0 Å². The summed E-state index contributed by atoms with van der Waals surface area (Å²) in [5.41, 5.74) is 4.84. The fourth-order valence-electron chi connectivity index (χ4n) is 2.37. The molecular formula is C22H20N4O3. The number of carbonyl (C=O) groups is 2. The van der Waals surface area contributed by atoms with E-state index in [1.54, 1.807) is 36.7 Å². The number of hydrogen-bond donors (Lipinski definition) is 2. The number of amides is 2. The Labute approximate surface area is 168 Å². The van der Waals surface area contributed by atoms with Crippen molar-refractivity contribution in [3.05, 3.63) is 95.8 Å². The summed E-state index contributed by atoms with van der Waals surface area (Å²) in [5.74, 6) is -0.881. The van der Waals surface area contributed by atoms with Crippen molar-refractivity contribution in [3.8, 4) is 5.75 Å². The first-order valence-corrected chi connectivity index (χ1v) is 8.97. The van der Waals surface area contributed by atoms with Crippen LogP contribution in [-0.4, -0.2) is 23.0 Å². The third-order valence-corrected chi connectivity index (χ3v) is 3.89. The van der Waals surface area contributed by atoms with E-state index in [-0.39, 0.29) is 6.54 Å². The van der Waals surface area contributed by atoms with Crippen molar-refractivity contribution in [2.24, 2.45) is 5.10 Å². The fourth-order valence-corrected chi connectivity index (χ4v) is 2.37. The molecule has 146 valence electrons. The number of hydrogen-bond acceptors (Lipinski definition) is 5. The Hall–Kier alpha value is -4.00. The number of carbonyl (C=O) groups excluding carboxylic acids is 2. The molecular weight excluding hydrogens is 368 g/mol. The highest BCUT2D eigenvalue weighted by molar-refractivity contribution is 6.35. The maximum Gasteiger partial charge on any atom is 0.329 e. The largest absolute Gasteiger partial charge is 0.489 e. The average Bonchev–Trinajstić information content (AvgIpc) is 2.78. The summed E-state index contributed by atoms with van der Waals surface area (Å²) in [7, 11) is 0. The number of ether oxygens (including phenoxy) is 1. The molecule has 7 nitrogen and oxygen atoms in total. The molecule has 2 aromatic carbocycles. The van der Waals surface area contributed by atoms with E-state index >= 15 is 0 Å². The monoisotopic (exact) mass is 388 g/mol. The lowest BCUT2D eigenvalue weighted by atomic mass is 10.2. The summed E-state index contributed by atoms with van der Waals surface area (Å²) in [5, 5.41) is 6.30. The molecule has 0 aliphatic heterocycles. The van der Waals surface area contributed by atoms with Crippen molar-refractivity contribution in [2.45, 2.75) is 13.2 Å². The Morgan fingerprint density at radius 3 is 2.41 bits per heavy atom. The van der Waals surface area contributed by atoms with Gasteiger partial charge in [-0.3, -0.25) is 14.6 Å². The minimum atomic E-state index is -0.840. The molecule has 0 aliphatic rings. The lowest BCUT2D eigenvalue weighted by Gasteiger charge is -2.06. The molecule has 0 radical (unpaired) electrons. The standard InChI is InChI=1S/C22H20N4O3/c27-21(24-14-19-7-4-12-23-13-19)22(28)26-25-15-17-8-10-20(11-9-17)29-16-18-5-2-1-3-6-18/h1-13,15H,14,16H2,(H,24,27)(H,26,28)/b25-15-. The van der Waals surface area contributed by atoms with Gasteiger partial charge in [0.1, 0.15) is 12.4 Å². The predicted octanol–water partition coefficient (Wildman–Crippen LogP) is 2.43. The van der Waals surface area contributed by atoms with Crippen LogP contribution >= 0.6 is 0 Å². The number of benzene rings is 2. The maximum atomic E-state index is 11.8. The van der Waals surface area contributed by atoms with Crippen LogP contribution in [0, 0.1) is 0 Å². The first kappa shape index (κ1) is 19.8. The van der Waals surface area contributed by atoms with Gasteiger partial charge in [-0.05, 0) is 47.0 Å². The van der Waals surface area contributed by atoms with Crippen LogP contribution in [-0.2, 0) is 22.7 Å². The zero-order valence-electron chi connectivity index (χ0n) is 15.6. The van der Waals surface area contributed by atoms with E-state index in [0.717, 1.165) is 22.4 Å². The van der Waals surface area contributed by atoms with E-state index in [0.29, 0.717) is 6.61 Å². The number of aromatic nitrogens is 1. The zero-order valence-corrected chi connectivity index (χ0v) is 15.6. The van der Waals surface area contributed by atoms with Crippen LogP contribution in [0.5, 0.6) is 5.75 Å². The highest BCUT2D eigenvalue weighted by atomic mass is 16.5. The van der Waals surface area contributed by atoms with E-state index < -0.39 is 11.8 Å². The molecule has 0 saturated carbocycles. The third-order valence-electron chi connectivity index (χ3n) is 3.89. The third kappa shape index (κ3) is 6.59. The lowest BCUT2D eigenvalue weighted by molar-refractivity contribution is -0.139. The lowest BCUT2D eigenvalue weighted by Crippen LogP contribution is -2.37. The van der Waals surface area contributed by atoms with Crippen molar-refractivity contribution >= 4 is 18.0 Å². The summed E-state index contributed by atoms with van der Waals surface area (Å²) in [6, 6.07) is 20.7. The smallest absolute Gasteiger partial charge is 0.329 e. The van der Waals surface area contributed by atoms with E-state index in [1.165, 1.54) is 6.21 Å². The van der Waals surface area contributed by atoms with Crippen LogP contribution in [0.3, 0.4) is 0 Å². The van der Waals surface area contributed by atoms with Crippen LogP contribution in [0.25, 0.3) is 0 Å². The number of rotatable bonds is 7. The number of nitrogens with zero attached hydrogens (tertiary/aromatic N) is 2. The quantitative estimate of drug-likeness (QED) is 0.369. The summed E-state index contributed by atoms with van der Waals surface area (Å²) < 4.78 is 5.71. The maximum absolute atomic E-state index is 11.8. The van der Waals surface area contributed by atoms with Crippen molar-refractivity contribution in [1.82, 2.24) is 15.7 Å². The first-order valence-electron chi connectivity index (χ1n) is 8.97. The highest BCUT2D eigenvalue weighted by Gasteiger charge is 2.11. The summed E-state index contributed by atoms with van der Waals surface area (Å²) in [4.78, 5) is 27.5. The van der Waals surface area contributed by atoms with Crippen LogP contribution in [0.4, 0.5) is 0 Å². The molecule has 0 bridgehead atoms. The summed E-state index contributed by atoms with van der Waals surface area (Å²) in [6.45, 7) is 0.701. The van der Waals surface area contributed by atoms with Gasteiger partial charge in [0.25, 0.3) is 0 Å². The van der Waals surface area contributed by atoms with E-state index in [2.05, 4.69) is 20.8 Å². The van der Waals surface area contributed by atoms with Gasteiger partial charge in [-0.15, -0.1) is 0 Å². The minimum Gasteiger partial charge on any atom is -0.489 e. The SMILES string of the molecule is O=C(NCc1cccnc1)C(=O)N/N=C\c1ccc(OCc2ccccc2)cc1. The Balaban J connectivity index is 1.42. The fraction of sp³-hybridized carbons (Fsp3) is 0.0909. The first-order chi connectivity index (χ1) is 14.2. The highest BCUT2D eigenvalue weighted by Crippen LogP contribution is 2.13. The summed E-state index contributed by atoms with van der Waals surface area (Å²) >= 11 is 0. The molecule has 7 heteroatoms. The molecule has 0 atom stereocenters. The number of hydrazone groups is 1.